The number of para-hydroxylation sites is 1. The Morgan fingerprint density at radius 1 is 0.969 bits per heavy atom. The van der Waals surface area contributed by atoms with Gasteiger partial charge in [-0.05, 0) is 61.7 Å². The second-order valence-corrected chi connectivity index (χ2v) is 9.33. The predicted molar refractivity (Wildman–Crippen MR) is 126 cm³/mol. The lowest BCUT2D eigenvalue weighted by molar-refractivity contribution is -0.119. The number of aryl methyl sites for hydroxylation is 2. The number of anilines is 1. The van der Waals surface area contributed by atoms with E-state index in [-0.39, 0.29) is 17.3 Å². The SMILES string of the molecule is COc1ccc(S(=O)(=O)N(CC(=O)NCCCc2cccc(C)c2)c2ccccc2)cc1. The van der Waals surface area contributed by atoms with Crippen molar-refractivity contribution in [2.24, 2.45) is 0 Å². The Hall–Kier alpha value is -3.32. The molecule has 1 N–H and O–H groups in total. The van der Waals surface area contributed by atoms with Gasteiger partial charge in [0.1, 0.15) is 12.3 Å². The molecule has 0 aliphatic rings. The zero-order chi connectivity index (χ0) is 23.0. The molecule has 7 heteroatoms. The molecule has 0 saturated carbocycles. The first kappa shape index (κ1) is 23.3. The highest BCUT2D eigenvalue weighted by Crippen LogP contribution is 2.24. The summed E-state index contributed by atoms with van der Waals surface area (Å²) >= 11 is 0. The van der Waals surface area contributed by atoms with Crippen LogP contribution in [0.25, 0.3) is 0 Å². The molecule has 3 rings (SSSR count). The summed E-state index contributed by atoms with van der Waals surface area (Å²) in [4.78, 5) is 12.7. The molecule has 0 bridgehead atoms. The van der Waals surface area contributed by atoms with Crippen LogP contribution in [-0.4, -0.2) is 34.5 Å². The molecule has 0 saturated heterocycles. The number of amides is 1. The molecule has 0 heterocycles. The quantitative estimate of drug-likeness (QED) is 0.473. The largest absolute Gasteiger partial charge is 0.497 e. The van der Waals surface area contributed by atoms with Crippen LogP contribution >= 0.6 is 0 Å². The van der Waals surface area contributed by atoms with Gasteiger partial charge in [0.05, 0.1) is 17.7 Å². The number of hydrogen-bond donors (Lipinski definition) is 1. The minimum Gasteiger partial charge on any atom is -0.497 e. The topological polar surface area (TPSA) is 75.7 Å². The van der Waals surface area contributed by atoms with Gasteiger partial charge in [-0.1, -0.05) is 48.0 Å². The van der Waals surface area contributed by atoms with E-state index in [4.69, 9.17) is 4.74 Å². The van der Waals surface area contributed by atoms with Crippen LogP contribution in [0.5, 0.6) is 5.75 Å². The third-order valence-electron chi connectivity index (χ3n) is 5.03. The van der Waals surface area contributed by atoms with E-state index in [1.54, 1.807) is 42.5 Å². The Bertz CT molecular complexity index is 1130. The maximum atomic E-state index is 13.3. The van der Waals surface area contributed by atoms with E-state index in [1.807, 2.05) is 19.1 Å². The Morgan fingerprint density at radius 3 is 2.34 bits per heavy atom. The summed E-state index contributed by atoms with van der Waals surface area (Å²) in [6.45, 7) is 2.22. The van der Waals surface area contributed by atoms with Crippen LogP contribution < -0.4 is 14.4 Å². The molecule has 0 aliphatic heterocycles. The average Bonchev–Trinajstić information content (AvgIpc) is 2.81. The lowest BCUT2D eigenvalue weighted by atomic mass is 10.1. The number of benzene rings is 3. The summed E-state index contributed by atoms with van der Waals surface area (Å²) in [5.41, 5.74) is 2.85. The highest BCUT2D eigenvalue weighted by molar-refractivity contribution is 7.92. The second kappa shape index (κ2) is 10.8. The lowest BCUT2D eigenvalue weighted by Crippen LogP contribution is -2.41. The van der Waals surface area contributed by atoms with Crippen LogP contribution in [0.3, 0.4) is 0 Å². The molecular formula is C25H28N2O4S. The number of carbonyl (C=O) groups excluding carboxylic acids is 1. The fraction of sp³-hybridized carbons (Fsp3) is 0.240. The summed E-state index contributed by atoms with van der Waals surface area (Å²) in [5.74, 6) is 0.205. The third-order valence-corrected chi connectivity index (χ3v) is 6.81. The summed E-state index contributed by atoms with van der Waals surface area (Å²) < 4.78 is 32.9. The van der Waals surface area contributed by atoms with Crippen molar-refractivity contribution >= 4 is 21.6 Å². The number of nitrogens with zero attached hydrogens (tertiary/aromatic N) is 1. The standard InChI is InChI=1S/C25H28N2O4S/c1-20-8-6-9-21(18-20)10-7-17-26-25(28)19-27(22-11-4-3-5-12-22)32(29,30)24-15-13-23(31-2)14-16-24/h3-6,8-9,11-16,18H,7,10,17,19H2,1-2H3,(H,26,28). The van der Waals surface area contributed by atoms with Gasteiger partial charge in [0.15, 0.2) is 0 Å². The molecule has 0 spiro atoms. The van der Waals surface area contributed by atoms with E-state index < -0.39 is 10.0 Å². The van der Waals surface area contributed by atoms with E-state index in [2.05, 4.69) is 17.4 Å². The monoisotopic (exact) mass is 452 g/mol. The normalized spacial score (nSPS) is 11.1. The number of nitrogens with one attached hydrogen (secondary N) is 1. The van der Waals surface area contributed by atoms with Gasteiger partial charge >= 0.3 is 0 Å². The number of sulfonamides is 1. The lowest BCUT2D eigenvalue weighted by Gasteiger charge is -2.24. The molecule has 0 atom stereocenters. The maximum absolute atomic E-state index is 13.3. The van der Waals surface area contributed by atoms with Gasteiger partial charge < -0.3 is 10.1 Å². The summed E-state index contributed by atoms with van der Waals surface area (Å²) in [7, 11) is -2.42. The van der Waals surface area contributed by atoms with Crippen molar-refractivity contribution in [3.05, 3.63) is 90.0 Å². The second-order valence-electron chi connectivity index (χ2n) is 7.47. The molecule has 168 valence electrons. The fourth-order valence-electron chi connectivity index (χ4n) is 3.36. The Kier molecular flexibility index (Phi) is 7.89. The molecular weight excluding hydrogens is 424 g/mol. The molecule has 1 amide bonds. The molecule has 0 unspecified atom stereocenters. The minimum atomic E-state index is -3.94. The van der Waals surface area contributed by atoms with Crippen molar-refractivity contribution in [3.8, 4) is 5.75 Å². The van der Waals surface area contributed by atoms with Gasteiger partial charge in [-0.15, -0.1) is 0 Å². The predicted octanol–water partition coefficient (Wildman–Crippen LogP) is 3.95. The van der Waals surface area contributed by atoms with Crippen LogP contribution in [-0.2, 0) is 21.2 Å². The first-order valence-corrected chi connectivity index (χ1v) is 11.9. The fourth-order valence-corrected chi connectivity index (χ4v) is 4.78. The average molecular weight is 453 g/mol. The molecule has 0 fully saturated rings. The van der Waals surface area contributed by atoms with E-state index >= 15 is 0 Å². The molecule has 0 aromatic heterocycles. The number of hydrogen-bond acceptors (Lipinski definition) is 4. The summed E-state index contributed by atoms with van der Waals surface area (Å²) in [5, 5.41) is 2.84. The molecule has 0 aliphatic carbocycles. The van der Waals surface area contributed by atoms with Crippen LogP contribution in [0.2, 0.25) is 0 Å². The van der Waals surface area contributed by atoms with Crippen molar-refractivity contribution in [2.75, 3.05) is 24.5 Å². The Morgan fingerprint density at radius 2 is 1.69 bits per heavy atom. The van der Waals surface area contributed by atoms with Crippen molar-refractivity contribution in [1.82, 2.24) is 5.32 Å². The number of ether oxygens (including phenoxy) is 1. The number of carbonyl (C=O) groups is 1. The number of methoxy groups -OCH3 is 1. The highest BCUT2D eigenvalue weighted by Gasteiger charge is 2.27. The van der Waals surface area contributed by atoms with Crippen molar-refractivity contribution < 1.29 is 17.9 Å². The highest BCUT2D eigenvalue weighted by atomic mass is 32.2. The molecule has 0 radical (unpaired) electrons. The molecule has 3 aromatic rings. The summed E-state index contributed by atoms with van der Waals surface area (Å²) in [6, 6.07) is 23.0. The van der Waals surface area contributed by atoms with Crippen molar-refractivity contribution in [3.63, 3.8) is 0 Å². The van der Waals surface area contributed by atoms with Crippen LogP contribution in [0, 0.1) is 6.92 Å². The van der Waals surface area contributed by atoms with Gasteiger partial charge in [0.25, 0.3) is 10.0 Å². The van der Waals surface area contributed by atoms with Crippen molar-refractivity contribution in [1.29, 1.82) is 0 Å². The van der Waals surface area contributed by atoms with Crippen LogP contribution in [0.15, 0.2) is 83.8 Å². The van der Waals surface area contributed by atoms with Crippen LogP contribution in [0.1, 0.15) is 17.5 Å². The Labute approximate surface area is 189 Å². The minimum absolute atomic E-state index is 0.0920. The van der Waals surface area contributed by atoms with E-state index in [1.165, 1.54) is 30.4 Å². The van der Waals surface area contributed by atoms with Gasteiger partial charge in [-0.25, -0.2) is 8.42 Å². The van der Waals surface area contributed by atoms with Crippen molar-refractivity contribution in [2.45, 2.75) is 24.7 Å². The number of rotatable bonds is 10. The zero-order valence-corrected chi connectivity index (χ0v) is 19.1. The molecule has 6 nitrogen and oxygen atoms in total. The third kappa shape index (κ3) is 6.11. The molecule has 32 heavy (non-hydrogen) atoms. The van der Waals surface area contributed by atoms with Gasteiger partial charge in [-0.2, -0.15) is 0 Å². The molecule has 3 aromatic carbocycles. The van der Waals surface area contributed by atoms with Gasteiger partial charge in [-0.3, -0.25) is 9.10 Å². The van der Waals surface area contributed by atoms with Gasteiger partial charge in [0.2, 0.25) is 5.91 Å². The Balaban J connectivity index is 1.68. The van der Waals surface area contributed by atoms with Gasteiger partial charge in [0, 0.05) is 6.54 Å². The summed E-state index contributed by atoms with van der Waals surface area (Å²) in [6.07, 6.45) is 1.61. The van der Waals surface area contributed by atoms with E-state index in [0.29, 0.717) is 18.0 Å². The first-order valence-electron chi connectivity index (χ1n) is 10.4. The maximum Gasteiger partial charge on any atom is 0.264 e. The van der Waals surface area contributed by atoms with Crippen LogP contribution in [0.4, 0.5) is 5.69 Å². The van der Waals surface area contributed by atoms with E-state index in [0.717, 1.165) is 17.1 Å². The van der Waals surface area contributed by atoms with E-state index in [9.17, 15) is 13.2 Å². The first-order chi connectivity index (χ1) is 15.4. The smallest absolute Gasteiger partial charge is 0.264 e. The zero-order valence-electron chi connectivity index (χ0n) is 18.3.